The fraction of sp³-hybridized carbons (Fsp3) is 0.500. The highest BCUT2D eigenvalue weighted by Crippen LogP contribution is 2.24. The first-order chi connectivity index (χ1) is 12.8. The van der Waals surface area contributed by atoms with Crippen LogP contribution in [0.1, 0.15) is 24.8 Å². The molecule has 0 radical (unpaired) electrons. The van der Waals surface area contributed by atoms with Crippen molar-refractivity contribution in [3.05, 3.63) is 48.5 Å². The molecule has 4 heterocycles. The molecule has 3 aliphatic heterocycles. The van der Waals surface area contributed by atoms with Crippen molar-refractivity contribution in [2.24, 2.45) is 5.92 Å². The number of amides is 1. The maximum Gasteiger partial charge on any atom is 0.224 e. The van der Waals surface area contributed by atoms with Crippen LogP contribution in [-0.2, 0) is 17.9 Å². The molecular weight excluding hydrogens is 328 g/mol. The lowest BCUT2D eigenvalue weighted by Gasteiger charge is -2.23. The van der Waals surface area contributed by atoms with Crippen LogP contribution in [0.15, 0.2) is 43.0 Å². The Labute approximate surface area is 154 Å². The van der Waals surface area contributed by atoms with Gasteiger partial charge in [0, 0.05) is 44.6 Å². The average Bonchev–Trinajstić information content (AvgIpc) is 3.02. The van der Waals surface area contributed by atoms with E-state index in [1.807, 2.05) is 24.7 Å². The highest BCUT2D eigenvalue weighted by molar-refractivity contribution is 5.80. The number of nitrogens with one attached hydrogen (secondary N) is 1. The number of carbonyl (C=O) groups is 1. The van der Waals surface area contributed by atoms with Crippen LogP contribution in [0.3, 0.4) is 0 Å². The van der Waals surface area contributed by atoms with Gasteiger partial charge in [-0.3, -0.25) is 9.69 Å². The van der Waals surface area contributed by atoms with E-state index < -0.39 is 0 Å². The Hall–Kier alpha value is -2.34. The summed E-state index contributed by atoms with van der Waals surface area (Å²) in [6.07, 6.45) is 8.68. The monoisotopic (exact) mass is 354 g/mol. The van der Waals surface area contributed by atoms with E-state index in [1.54, 1.807) is 6.20 Å². The number of piperidine rings is 1. The van der Waals surface area contributed by atoms with Gasteiger partial charge >= 0.3 is 0 Å². The molecule has 1 aromatic carbocycles. The van der Waals surface area contributed by atoms with E-state index in [2.05, 4.69) is 31.9 Å². The molecule has 3 aliphatic rings. The van der Waals surface area contributed by atoms with Crippen molar-refractivity contribution in [1.29, 1.82) is 0 Å². The predicted molar refractivity (Wildman–Crippen MR) is 98.7 cm³/mol. The Balaban J connectivity index is 1.24. The molecule has 2 aromatic rings. The van der Waals surface area contributed by atoms with Crippen LogP contribution >= 0.6 is 0 Å². The van der Waals surface area contributed by atoms with Gasteiger partial charge in [-0.05, 0) is 37.0 Å². The lowest BCUT2D eigenvalue weighted by Crippen LogP contribution is -2.43. The first-order valence-electron chi connectivity index (χ1n) is 9.46. The minimum atomic E-state index is 0.159. The highest BCUT2D eigenvalue weighted by Gasteiger charge is 2.34. The third-order valence-corrected chi connectivity index (χ3v) is 5.26. The molecule has 0 aliphatic carbocycles. The molecule has 3 saturated heterocycles. The van der Waals surface area contributed by atoms with Crippen LogP contribution in [0, 0.1) is 5.92 Å². The van der Waals surface area contributed by atoms with E-state index in [4.69, 9.17) is 4.74 Å². The second kappa shape index (κ2) is 7.91. The van der Waals surface area contributed by atoms with Crippen molar-refractivity contribution >= 4 is 5.91 Å². The van der Waals surface area contributed by atoms with Crippen molar-refractivity contribution in [3.63, 3.8) is 0 Å². The quantitative estimate of drug-likeness (QED) is 0.774. The molecule has 1 N–H and O–H groups in total. The Morgan fingerprint density at radius 1 is 1.19 bits per heavy atom. The number of benzene rings is 1. The van der Waals surface area contributed by atoms with E-state index in [-0.39, 0.29) is 11.8 Å². The number of aryl methyl sites for hydroxylation is 1. The van der Waals surface area contributed by atoms with E-state index in [0.29, 0.717) is 12.6 Å². The molecule has 1 amide bonds. The molecule has 0 spiro atoms. The molecule has 26 heavy (non-hydrogen) atoms. The summed E-state index contributed by atoms with van der Waals surface area (Å²) in [5.41, 5.74) is 1.27. The number of aromatic nitrogens is 2. The minimum Gasteiger partial charge on any atom is -0.494 e. The molecule has 2 atom stereocenters. The standard InChI is InChI=1S/C20H26N4O2/c25-20-17-4-5-18(22-20)14-24(13-17)12-16-2-6-19(7-3-16)26-11-1-9-23-10-8-21-15-23/h2-3,6-8,10,15,17-18H,1,4-5,9,11-14H2,(H,22,25)/t17-,18+/m1/s1. The first-order valence-corrected chi connectivity index (χ1v) is 9.46. The van der Waals surface area contributed by atoms with E-state index >= 15 is 0 Å². The Morgan fingerprint density at radius 2 is 2.08 bits per heavy atom. The van der Waals surface area contributed by atoms with Gasteiger partial charge in [0.2, 0.25) is 5.91 Å². The summed E-state index contributed by atoms with van der Waals surface area (Å²) in [5, 5.41) is 3.14. The molecule has 6 heteroatoms. The number of rotatable bonds is 7. The number of hydrogen-bond acceptors (Lipinski definition) is 4. The van der Waals surface area contributed by atoms with Gasteiger partial charge in [0.15, 0.2) is 0 Å². The maximum absolute atomic E-state index is 12.0. The molecule has 0 saturated carbocycles. The maximum atomic E-state index is 12.0. The molecule has 0 unspecified atom stereocenters. The van der Waals surface area contributed by atoms with Crippen LogP contribution in [0.4, 0.5) is 0 Å². The molecule has 6 nitrogen and oxygen atoms in total. The molecule has 3 fully saturated rings. The summed E-state index contributed by atoms with van der Waals surface area (Å²) in [4.78, 5) is 18.4. The molecular formula is C20H26N4O2. The third-order valence-electron chi connectivity index (χ3n) is 5.26. The molecule has 138 valence electrons. The highest BCUT2D eigenvalue weighted by atomic mass is 16.5. The fourth-order valence-corrected chi connectivity index (χ4v) is 3.87. The number of imidazole rings is 1. The average molecular weight is 354 g/mol. The summed E-state index contributed by atoms with van der Waals surface area (Å²) in [6.45, 7) is 4.33. The van der Waals surface area contributed by atoms with Crippen LogP contribution in [0.5, 0.6) is 5.75 Å². The second-order valence-corrected chi connectivity index (χ2v) is 7.32. The molecule has 2 bridgehead atoms. The van der Waals surface area contributed by atoms with Crippen molar-refractivity contribution in [3.8, 4) is 5.75 Å². The van der Waals surface area contributed by atoms with Crippen LogP contribution in [-0.4, -0.2) is 46.1 Å². The van der Waals surface area contributed by atoms with Gasteiger partial charge in [-0.1, -0.05) is 12.1 Å². The number of nitrogens with zero attached hydrogens (tertiary/aromatic N) is 3. The topological polar surface area (TPSA) is 59.4 Å². The lowest BCUT2D eigenvalue weighted by molar-refractivity contribution is -0.126. The summed E-state index contributed by atoms with van der Waals surface area (Å²) in [5.74, 6) is 1.31. The van der Waals surface area contributed by atoms with Gasteiger partial charge in [-0.2, -0.15) is 0 Å². The largest absolute Gasteiger partial charge is 0.494 e. The summed E-state index contributed by atoms with van der Waals surface area (Å²) < 4.78 is 7.88. The van der Waals surface area contributed by atoms with Gasteiger partial charge in [0.1, 0.15) is 5.75 Å². The van der Waals surface area contributed by atoms with Gasteiger partial charge in [0.25, 0.3) is 0 Å². The zero-order chi connectivity index (χ0) is 17.8. The SMILES string of the molecule is O=C1N[C@H]2CC[C@@H]1CN(Cc1ccc(OCCCn3ccnc3)cc1)C2. The van der Waals surface area contributed by atoms with Crippen LogP contribution in [0.2, 0.25) is 0 Å². The van der Waals surface area contributed by atoms with Crippen molar-refractivity contribution in [2.75, 3.05) is 19.7 Å². The summed E-state index contributed by atoms with van der Waals surface area (Å²) in [6, 6.07) is 8.67. The van der Waals surface area contributed by atoms with E-state index in [9.17, 15) is 4.79 Å². The normalized spacial score (nSPS) is 22.8. The summed E-state index contributed by atoms with van der Waals surface area (Å²) in [7, 11) is 0. The predicted octanol–water partition coefficient (Wildman–Crippen LogP) is 2.06. The number of ether oxygens (including phenoxy) is 1. The van der Waals surface area contributed by atoms with E-state index in [1.165, 1.54) is 5.56 Å². The molecule has 1 aromatic heterocycles. The number of hydrogen-bond donors (Lipinski definition) is 1. The van der Waals surface area contributed by atoms with Gasteiger partial charge in [-0.15, -0.1) is 0 Å². The minimum absolute atomic E-state index is 0.159. The Kier molecular flexibility index (Phi) is 5.20. The second-order valence-electron chi connectivity index (χ2n) is 7.32. The van der Waals surface area contributed by atoms with E-state index in [0.717, 1.165) is 51.2 Å². The summed E-state index contributed by atoms with van der Waals surface area (Å²) >= 11 is 0. The third kappa shape index (κ3) is 4.25. The van der Waals surface area contributed by atoms with Gasteiger partial charge < -0.3 is 14.6 Å². The molecule has 5 rings (SSSR count). The Bertz CT molecular complexity index is 714. The van der Waals surface area contributed by atoms with Gasteiger partial charge in [-0.25, -0.2) is 4.98 Å². The number of carbonyl (C=O) groups excluding carboxylic acids is 1. The smallest absolute Gasteiger partial charge is 0.224 e. The zero-order valence-electron chi connectivity index (χ0n) is 15.0. The van der Waals surface area contributed by atoms with Crippen molar-refractivity contribution < 1.29 is 9.53 Å². The number of fused-ring (bicyclic) bond motifs is 4. The van der Waals surface area contributed by atoms with Crippen molar-refractivity contribution in [1.82, 2.24) is 19.8 Å². The van der Waals surface area contributed by atoms with Crippen LogP contribution < -0.4 is 10.1 Å². The lowest BCUT2D eigenvalue weighted by atomic mass is 9.96. The van der Waals surface area contributed by atoms with Crippen molar-refractivity contribution in [2.45, 2.75) is 38.4 Å². The fourth-order valence-electron chi connectivity index (χ4n) is 3.87. The van der Waals surface area contributed by atoms with Gasteiger partial charge in [0.05, 0.1) is 18.9 Å². The van der Waals surface area contributed by atoms with Crippen LogP contribution in [0.25, 0.3) is 0 Å². The Morgan fingerprint density at radius 3 is 2.85 bits per heavy atom. The zero-order valence-corrected chi connectivity index (χ0v) is 15.0. The first kappa shape index (κ1) is 17.1.